The maximum atomic E-state index is 14.7. The van der Waals surface area contributed by atoms with Crippen LogP contribution in [0, 0.1) is 24.9 Å². The first-order valence-corrected chi connectivity index (χ1v) is 14.0. The summed E-state index contributed by atoms with van der Waals surface area (Å²) < 4.78 is 20.9. The van der Waals surface area contributed by atoms with Gasteiger partial charge in [-0.2, -0.15) is 0 Å². The summed E-state index contributed by atoms with van der Waals surface area (Å²) in [6, 6.07) is 38.8. The van der Waals surface area contributed by atoms with E-state index in [0.29, 0.717) is 22.6 Å². The molecule has 3 heterocycles. The fourth-order valence-electron chi connectivity index (χ4n) is 5.22. The van der Waals surface area contributed by atoms with Crippen LogP contribution in [0.3, 0.4) is 0 Å². The molecule has 0 amide bonds. The van der Waals surface area contributed by atoms with E-state index in [1.807, 2.05) is 91.1 Å². The van der Waals surface area contributed by atoms with Crippen molar-refractivity contribution in [1.82, 2.24) is 9.97 Å². The quantitative estimate of drug-likeness (QED) is 0.169. The number of furan rings is 1. The van der Waals surface area contributed by atoms with Gasteiger partial charge in [0.1, 0.15) is 11.4 Å². The molecule has 0 spiro atoms. The van der Waals surface area contributed by atoms with Crippen LogP contribution >= 0.6 is 0 Å². The van der Waals surface area contributed by atoms with Crippen molar-refractivity contribution in [3.63, 3.8) is 0 Å². The first-order chi connectivity index (χ1) is 20.5. The maximum Gasteiger partial charge on any atom is 0.134 e. The summed E-state index contributed by atoms with van der Waals surface area (Å²) in [5.41, 5.74) is 8.73. The second kappa shape index (κ2) is 13.2. The van der Waals surface area contributed by atoms with E-state index in [2.05, 4.69) is 48.9 Å². The minimum atomic E-state index is -0.300. The van der Waals surface area contributed by atoms with Gasteiger partial charge in [-0.1, -0.05) is 73.3 Å². The molecule has 0 aliphatic rings. The molecular formula is C38H29FIrN2O-2. The number of rotatable bonds is 4. The molecule has 0 saturated carbocycles. The smallest absolute Gasteiger partial charge is 0.134 e. The molecular weight excluding hydrogens is 712 g/mol. The van der Waals surface area contributed by atoms with Gasteiger partial charge in [0.05, 0.1) is 11.1 Å². The molecule has 0 unspecified atom stereocenters. The molecule has 0 N–H and O–H groups in total. The molecule has 3 nitrogen and oxygen atoms in total. The van der Waals surface area contributed by atoms with E-state index >= 15 is 0 Å². The molecule has 0 aliphatic carbocycles. The van der Waals surface area contributed by atoms with Crippen molar-refractivity contribution in [2.24, 2.45) is 0 Å². The standard InChI is InChI=1S/C23H13FNO.C15H16N.Ir/c24-19-13-12-17-16-9-6-10-18(20-11-4-5-14-25-20)22(16)26-23(17)21(19)15-7-2-1-3-8-15;1-11(2)14-9-15(16-10-12(14)3)13-7-5-4-6-8-13;/h1-9,11-14H;4-7,9-11H,1-3H3;/q2*-1;. The Balaban J connectivity index is 0.000000188. The van der Waals surface area contributed by atoms with E-state index in [-0.39, 0.29) is 25.9 Å². The molecule has 0 bridgehead atoms. The Morgan fingerprint density at radius 1 is 0.744 bits per heavy atom. The number of hydrogen-bond donors (Lipinski definition) is 0. The number of nitrogens with zero attached hydrogens (tertiary/aromatic N) is 2. The Bertz CT molecular complexity index is 1970. The molecule has 43 heavy (non-hydrogen) atoms. The van der Waals surface area contributed by atoms with E-state index < -0.39 is 0 Å². The van der Waals surface area contributed by atoms with Crippen molar-refractivity contribution in [3.8, 4) is 33.6 Å². The zero-order chi connectivity index (χ0) is 29.1. The second-order valence-electron chi connectivity index (χ2n) is 10.4. The van der Waals surface area contributed by atoms with Crippen LogP contribution in [-0.2, 0) is 20.1 Å². The Labute approximate surface area is 264 Å². The third-order valence-corrected chi connectivity index (χ3v) is 7.29. The molecule has 1 radical (unpaired) electrons. The first kappa shape index (κ1) is 30.0. The fourth-order valence-corrected chi connectivity index (χ4v) is 5.22. The largest absolute Gasteiger partial charge is 0.500 e. The van der Waals surface area contributed by atoms with Crippen LogP contribution in [0.5, 0.6) is 0 Å². The third-order valence-electron chi connectivity index (χ3n) is 7.29. The molecule has 4 aromatic carbocycles. The van der Waals surface area contributed by atoms with Crippen LogP contribution in [0.25, 0.3) is 55.6 Å². The van der Waals surface area contributed by atoms with Gasteiger partial charge in [-0.3, -0.25) is 0 Å². The number of pyridine rings is 2. The van der Waals surface area contributed by atoms with Crippen molar-refractivity contribution < 1.29 is 28.9 Å². The van der Waals surface area contributed by atoms with Gasteiger partial charge in [0, 0.05) is 37.9 Å². The summed E-state index contributed by atoms with van der Waals surface area (Å²) in [5.74, 6) is 0.233. The number of aromatic nitrogens is 2. The van der Waals surface area contributed by atoms with Gasteiger partial charge in [-0.15, -0.1) is 54.1 Å². The van der Waals surface area contributed by atoms with Crippen molar-refractivity contribution in [1.29, 1.82) is 0 Å². The van der Waals surface area contributed by atoms with Crippen molar-refractivity contribution >= 4 is 21.9 Å². The molecule has 0 fully saturated rings. The Kier molecular flexibility index (Phi) is 9.25. The van der Waals surface area contributed by atoms with Gasteiger partial charge in [-0.25, -0.2) is 4.39 Å². The van der Waals surface area contributed by atoms with Crippen LogP contribution in [-0.4, -0.2) is 9.97 Å². The van der Waals surface area contributed by atoms with Crippen LogP contribution < -0.4 is 0 Å². The Morgan fingerprint density at radius 2 is 1.51 bits per heavy atom. The van der Waals surface area contributed by atoms with Gasteiger partial charge in [0.25, 0.3) is 0 Å². The molecule has 0 aliphatic heterocycles. The number of fused-ring (bicyclic) bond motifs is 3. The monoisotopic (exact) mass is 741 g/mol. The van der Waals surface area contributed by atoms with Crippen molar-refractivity contribution in [2.75, 3.05) is 0 Å². The summed E-state index contributed by atoms with van der Waals surface area (Å²) in [5, 5.41) is 1.81. The second-order valence-corrected chi connectivity index (χ2v) is 10.4. The number of aryl methyl sites for hydroxylation is 1. The van der Waals surface area contributed by atoms with Gasteiger partial charge < -0.3 is 14.4 Å². The average molecular weight is 741 g/mol. The molecule has 7 aromatic rings. The van der Waals surface area contributed by atoms with Crippen LogP contribution in [0.1, 0.15) is 30.9 Å². The third kappa shape index (κ3) is 6.19. The normalized spacial score (nSPS) is 10.8. The van der Waals surface area contributed by atoms with Crippen molar-refractivity contribution in [3.05, 3.63) is 145 Å². The van der Waals surface area contributed by atoms with Gasteiger partial charge in [0.15, 0.2) is 0 Å². The Morgan fingerprint density at radius 3 is 2.23 bits per heavy atom. The van der Waals surface area contributed by atoms with Crippen molar-refractivity contribution in [2.45, 2.75) is 26.7 Å². The van der Waals surface area contributed by atoms with Crippen LogP contribution in [0.15, 0.2) is 120 Å². The first-order valence-electron chi connectivity index (χ1n) is 14.0. The molecule has 7 rings (SSSR count). The molecule has 3 aromatic heterocycles. The van der Waals surface area contributed by atoms with Crippen LogP contribution in [0.4, 0.5) is 4.39 Å². The summed E-state index contributed by atoms with van der Waals surface area (Å²) in [4.78, 5) is 8.86. The minimum Gasteiger partial charge on any atom is -0.500 e. The molecule has 0 atom stereocenters. The predicted molar refractivity (Wildman–Crippen MR) is 169 cm³/mol. The zero-order valence-corrected chi connectivity index (χ0v) is 26.5. The number of hydrogen-bond acceptors (Lipinski definition) is 3. The number of halogens is 1. The number of benzene rings is 4. The van der Waals surface area contributed by atoms with E-state index in [1.165, 1.54) is 17.2 Å². The maximum absolute atomic E-state index is 14.7. The Hall–Kier alpha value is -4.44. The molecule has 5 heteroatoms. The molecule has 0 saturated heterocycles. The van der Waals surface area contributed by atoms with E-state index in [4.69, 9.17) is 4.42 Å². The fraction of sp³-hybridized carbons (Fsp3) is 0.105. The van der Waals surface area contributed by atoms with E-state index in [9.17, 15) is 4.39 Å². The topological polar surface area (TPSA) is 38.9 Å². The average Bonchev–Trinajstić information content (AvgIpc) is 3.41. The van der Waals surface area contributed by atoms with Crippen LogP contribution in [0.2, 0.25) is 0 Å². The minimum absolute atomic E-state index is 0. The summed E-state index contributed by atoms with van der Waals surface area (Å²) in [6.07, 6.45) is 3.69. The SMILES string of the molecule is Cc1cnc(-c2[c-]cccc2)cc1C(C)C.Fc1ccc2c(oc3c(-c4ccccn4)[c-]ccc32)c1-c1ccccc1.[Ir]. The van der Waals surface area contributed by atoms with E-state index in [0.717, 1.165) is 38.9 Å². The summed E-state index contributed by atoms with van der Waals surface area (Å²) in [7, 11) is 0. The predicted octanol–water partition coefficient (Wildman–Crippen LogP) is 10.2. The van der Waals surface area contributed by atoms with Gasteiger partial charge >= 0.3 is 0 Å². The van der Waals surface area contributed by atoms with Gasteiger partial charge in [-0.05, 0) is 59.1 Å². The van der Waals surface area contributed by atoms with Gasteiger partial charge in [0.2, 0.25) is 0 Å². The van der Waals surface area contributed by atoms with E-state index in [1.54, 1.807) is 12.3 Å². The summed E-state index contributed by atoms with van der Waals surface area (Å²) in [6.45, 7) is 6.53. The zero-order valence-electron chi connectivity index (χ0n) is 24.1. The summed E-state index contributed by atoms with van der Waals surface area (Å²) >= 11 is 0. The molecule has 215 valence electrons.